The molecule has 3 aliphatic rings. The molecule has 2 nitrogen and oxygen atoms in total. The maximum absolute atomic E-state index is 12.5. The van der Waals surface area contributed by atoms with Crippen LogP contribution in [0.5, 0.6) is 0 Å². The molecule has 2 saturated carbocycles. The number of hydrogen-bond donors (Lipinski definition) is 0. The molecule has 0 N–H and O–H groups in total. The number of carbonyl (C=O) groups is 1. The average molecular weight is 314 g/mol. The number of halogens is 1. The van der Waals surface area contributed by atoms with E-state index in [4.69, 9.17) is 0 Å². The highest BCUT2D eigenvalue weighted by molar-refractivity contribution is 9.10. The Balaban J connectivity index is 1.93. The highest BCUT2D eigenvalue weighted by atomic mass is 79.9. The van der Waals surface area contributed by atoms with Gasteiger partial charge >= 0.3 is 0 Å². The number of hydrogen-bond acceptors (Lipinski definition) is 1. The van der Waals surface area contributed by atoms with Crippen molar-refractivity contribution in [1.29, 1.82) is 0 Å². The fourth-order valence-corrected chi connectivity index (χ4v) is 5.75. The third-order valence-corrected chi connectivity index (χ3v) is 6.76. The van der Waals surface area contributed by atoms with E-state index < -0.39 is 0 Å². The Kier molecular flexibility index (Phi) is 2.86. The van der Waals surface area contributed by atoms with Crippen molar-refractivity contribution in [1.82, 2.24) is 4.90 Å². The molecule has 0 radical (unpaired) electrons. The molecule has 18 heavy (non-hydrogen) atoms. The lowest BCUT2D eigenvalue weighted by atomic mass is 9.67. The summed E-state index contributed by atoms with van der Waals surface area (Å²) in [6, 6.07) is 0.455. The first-order valence-corrected chi connectivity index (χ1v) is 8.22. The van der Waals surface area contributed by atoms with Crippen molar-refractivity contribution in [3.05, 3.63) is 0 Å². The number of likely N-dealkylation sites (tertiary alicyclic amines) is 1. The van der Waals surface area contributed by atoms with Gasteiger partial charge in [0.15, 0.2) is 0 Å². The van der Waals surface area contributed by atoms with Crippen LogP contribution in [0.4, 0.5) is 0 Å². The number of carbonyl (C=O) groups excluding carboxylic acids is 1. The van der Waals surface area contributed by atoms with Crippen molar-refractivity contribution in [2.24, 2.45) is 16.7 Å². The number of alkyl halides is 1. The number of nitrogens with zero attached hydrogens (tertiary/aromatic N) is 1. The zero-order valence-electron chi connectivity index (χ0n) is 11.7. The maximum atomic E-state index is 12.5. The maximum Gasteiger partial charge on any atom is 0.236 e. The zero-order valence-corrected chi connectivity index (χ0v) is 13.3. The Labute approximate surface area is 119 Å². The van der Waals surface area contributed by atoms with Gasteiger partial charge in [-0.15, -0.1) is 0 Å². The van der Waals surface area contributed by atoms with E-state index in [9.17, 15) is 4.79 Å². The number of piperidine rings is 1. The highest BCUT2D eigenvalue weighted by Crippen LogP contribution is 2.64. The first-order chi connectivity index (χ1) is 8.36. The predicted molar refractivity (Wildman–Crippen MR) is 76.7 cm³/mol. The van der Waals surface area contributed by atoms with Crippen molar-refractivity contribution in [2.75, 3.05) is 6.54 Å². The fourth-order valence-electron chi connectivity index (χ4n) is 5.16. The van der Waals surface area contributed by atoms with Crippen LogP contribution in [0.2, 0.25) is 0 Å². The normalized spacial score (nSPS) is 46.8. The SMILES string of the molecule is CC12CCC(C1)C(C)(C)C2N1CCCC(Br)C1=O. The Morgan fingerprint density at radius 2 is 2.00 bits per heavy atom. The fraction of sp³-hybridized carbons (Fsp3) is 0.933. The van der Waals surface area contributed by atoms with Gasteiger partial charge in [0, 0.05) is 12.6 Å². The van der Waals surface area contributed by atoms with E-state index in [-0.39, 0.29) is 4.83 Å². The standard InChI is InChI=1S/C15H24BrNO/c1-14(2)10-6-7-15(3,9-10)13(14)17-8-4-5-11(16)12(17)18/h10-11,13H,4-9H2,1-3H3. The minimum Gasteiger partial charge on any atom is -0.338 e. The van der Waals surface area contributed by atoms with E-state index in [0.29, 0.717) is 22.8 Å². The second kappa shape index (κ2) is 3.97. The highest BCUT2D eigenvalue weighted by Gasteiger charge is 2.62. The van der Waals surface area contributed by atoms with Crippen LogP contribution in [-0.4, -0.2) is 28.2 Å². The van der Waals surface area contributed by atoms with Crippen molar-refractivity contribution in [3.8, 4) is 0 Å². The van der Waals surface area contributed by atoms with Gasteiger partial charge in [-0.1, -0.05) is 36.7 Å². The molecule has 1 amide bonds. The molecule has 1 saturated heterocycles. The van der Waals surface area contributed by atoms with Crippen LogP contribution in [0.1, 0.15) is 52.9 Å². The first-order valence-electron chi connectivity index (χ1n) is 7.31. The lowest BCUT2D eigenvalue weighted by Crippen LogP contribution is -2.58. The molecule has 3 fully saturated rings. The van der Waals surface area contributed by atoms with Crippen LogP contribution in [0.15, 0.2) is 0 Å². The van der Waals surface area contributed by atoms with Crippen LogP contribution < -0.4 is 0 Å². The molecule has 2 bridgehead atoms. The molecular formula is C15H24BrNO. The third-order valence-electron chi connectivity index (χ3n) is 5.91. The van der Waals surface area contributed by atoms with Crippen LogP contribution in [-0.2, 0) is 4.79 Å². The molecule has 2 aliphatic carbocycles. The largest absolute Gasteiger partial charge is 0.338 e. The molecule has 0 aromatic heterocycles. The summed E-state index contributed by atoms with van der Waals surface area (Å²) >= 11 is 3.56. The minimum atomic E-state index is 0.0600. The summed E-state index contributed by atoms with van der Waals surface area (Å²) in [5.74, 6) is 1.16. The summed E-state index contributed by atoms with van der Waals surface area (Å²) in [4.78, 5) is 14.8. The Hall–Kier alpha value is -0.0500. The number of fused-ring (bicyclic) bond motifs is 2. The van der Waals surface area contributed by atoms with Gasteiger partial charge in [0.05, 0.1) is 4.83 Å². The Bertz CT molecular complexity index is 376. The summed E-state index contributed by atoms with van der Waals surface area (Å²) in [6.07, 6.45) is 6.14. The van der Waals surface area contributed by atoms with Crippen LogP contribution in [0.25, 0.3) is 0 Å². The van der Waals surface area contributed by atoms with Crippen molar-refractivity contribution < 1.29 is 4.79 Å². The van der Waals surface area contributed by atoms with Gasteiger partial charge in [-0.2, -0.15) is 0 Å². The van der Waals surface area contributed by atoms with Gasteiger partial charge in [-0.3, -0.25) is 4.79 Å². The molecular weight excluding hydrogens is 290 g/mol. The number of amides is 1. The van der Waals surface area contributed by atoms with Gasteiger partial charge in [-0.05, 0) is 48.9 Å². The molecule has 0 aromatic rings. The van der Waals surface area contributed by atoms with Crippen molar-refractivity contribution in [3.63, 3.8) is 0 Å². The lowest BCUT2D eigenvalue weighted by Gasteiger charge is -2.50. The molecule has 1 heterocycles. The first kappa shape index (κ1) is 13.0. The van der Waals surface area contributed by atoms with E-state index in [2.05, 4.69) is 41.6 Å². The van der Waals surface area contributed by atoms with E-state index in [1.165, 1.54) is 19.3 Å². The average Bonchev–Trinajstić information content (AvgIpc) is 2.75. The predicted octanol–water partition coefficient (Wildman–Crippen LogP) is 3.59. The van der Waals surface area contributed by atoms with Crippen molar-refractivity contribution in [2.45, 2.75) is 63.7 Å². The molecule has 102 valence electrons. The summed E-state index contributed by atoms with van der Waals surface area (Å²) in [6.45, 7) is 8.16. The molecule has 0 aromatic carbocycles. The second-order valence-electron chi connectivity index (χ2n) is 7.46. The molecule has 4 unspecified atom stereocenters. The summed E-state index contributed by atoms with van der Waals surface area (Å²) in [5.41, 5.74) is 0.667. The molecule has 0 spiro atoms. The van der Waals surface area contributed by atoms with E-state index in [0.717, 1.165) is 25.3 Å². The molecule has 3 heteroatoms. The molecule has 4 atom stereocenters. The van der Waals surface area contributed by atoms with Gasteiger partial charge in [0.1, 0.15) is 0 Å². The summed E-state index contributed by atoms with van der Waals surface area (Å²) in [5, 5.41) is 0. The van der Waals surface area contributed by atoms with E-state index in [1.807, 2.05) is 0 Å². The Morgan fingerprint density at radius 3 is 2.61 bits per heavy atom. The zero-order chi connectivity index (χ0) is 13.1. The van der Waals surface area contributed by atoms with Gasteiger partial charge in [0.25, 0.3) is 0 Å². The van der Waals surface area contributed by atoms with Gasteiger partial charge in [0.2, 0.25) is 5.91 Å². The molecule has 1 aliphatic heterocycles. The van der Waals surface area contributed by atoms with Crippen LogP contribution in [0, 0.1) is 16.7 Å². The third kappa shape index (κ3) is 1.62. The minimum absolute atomic E-state index is 0.0600. The van der Waals surface area contributed by atoms with Gasteiger partial charge in [-0.25, -0.2) is 0 Å². The smallest absolute Gasteiger partial charge is 0.236 e. The summed E-state index contributed by atoms with van der Waals surface area (Å²) in [7, 11) is 0. The van der Waals surface area contributed by atoms with Crippen LogP contribution in [0.3, 0.4) is 0 Å². The van der Waals surface area contributed by atoms with E-state index >= 15 is 0 Å². The topological polar surface area (TPSA) is 20.3 Å². The molecule has 3 rings (SSSR count). The van der Waals surface area contributed by atoms with Crippen LogP contribution >= 0.6 is 15.9 Å². The summed E-state index contributed by atoms with van der Waals surface area (Å²) < 4.78 is 0. The second-order valence-corrected chi connectivity index (χ2v) is 8.56. The monoisotopic (exact) mass is 313 g/mol. The van der Waals surface area contributed by atoms with Gasteiger partial charge < -0.3 is 4.90 Å². The van der Waals surface area contributed by atoms with Crippen molar-refractivity contribution >= 4 is 21.8 Å². The lowest BCUT2D eigenvalue weighted by molar-refractivity contribution is -0.142. The van der Waals surface area contributed by atoms with E-state index in [1.54, 1.807) is 0 Å². The Morgan fingerprint density at radius 1 is 1.28 bits per heavy atom. The number of rotatable bonds is 1. The quantitative estimate of drug-likeness (QED) is 0.677.